The van der Waals surface area contributed by atoms with E-state index in [1.54, 1.807) is 11.3 Å². The number of nitrogens with zero attached hydrogens (tertiary/aromatic N) is 2. The van der Waals surface area contributed by atoms with Gasteiger partial charge in [0.2, 0.25) is 5.91 Å². The first-order valence-corrected chi connectivity index (χ1v) is 9.99. The molecule has 1 aromatic heterocycles. The van der Waals surface area contributed by atoms with E-state index in [9.17, 15) is 4.79 Å². The molecule has 2 aliphatic heterocycles. The predicted octanol–water partition coefficient (Wildman–Crippen LogP) is 2.36. The summed E-state index contributed by atoms with van der Waals surface area (Å²) >= 11 is 1.69. The number of thiazole rings is 1. The average Bonchev–Trinajstić information content (AvgIpc) is 3.30. The van der Waals surface area contributed by atoms with Crippen LogP contribution in [-0.2, 0) is 16.1 Å². The van der Waals surface area contributed by atoms with Crippen LogP contribution in [-0.4, -0.2) is 49.3 Å². The first kappa shape index (κ1) is 21.7. The van der Waals surface area contributed by atoms with Crippen molar-refractivity contribution in [2.45, 2.75) is 50.8 Å². The average molecular weight is 423 g/mol. The van der Waals surface area contributed by atoms with Crippen molar-refractivity contribution in [1.29, 1.82) is 0 Å². The van der Waals surface area contributed by atoms with Gasteiger partial charge < -0.3 is 20.3 Å². The number of anilines is 1. The first-order valence-electron chi connectivity index (χ1n) is 9.11. The smallest absolute Gasteiger partial charge is 0.223 e. The van der Waals surface area contributed by atoms with E-state index in [-0.39, 0.29) is 36.6 Å². The minimum atomic E-state index is 0. The van der Waals surface area contributed by atoms with Crippen molar-refractivity contribution in [3.05, 3.63) is 11.1 Å². The summed E-state index contributed by atoms with van der Waals surface area (Å²) in [5, 5.41) is 9.75. The number of morpholine rings is 1. The molecule has 0 unspecified atom stereocenters. The lowest BCUT2D eigenvalue weighted by molar-refractivity contribution is -0.128. The monoisotopic (exact) mass is 422 g/mol. The maximum atomic E-state index is 12.5. The van der Waals surface area contributed by atoms with Crippen molar-refractivity contribution in [3.8, 4) is 0 Å². The highest BCUT2D eigenvalue weighted by Gasteiger charge is 2.35. The third-order valence-electron chi connectivity index (χ3n) is 5.36. The van der Waals surface area contributed by atoms with Gasteiger partial charge in [0, 0.05) is 37.0 Å². The van der Waals surface area contributed by atoms with Crippen LogP contribution in [0.4, 0.5) is 5.13 Å². The standard InChI is InChI=1S/C17H26N4O2S.2ClH/c22-16(12-3-4-15-14(9-12)18-5-8-23-15)19-10-13-11-24-17(20-13)21-6-1-2-7-21;;/h11-12,14-15,18H,1-10H2,(H,19,22);2*1H/t12-,14+,15+;;/m0../s1. The largest absolute Gasteiger partial charge is 0.375 e. The van der Waals surface area contributed by atoms with Gasteiger partial charge in [0.15, 0.2) is 5.13 Å². The number of hydrogen-bond acceptors (Lipinski definition) is 6. The van der Waals surface area contributed by atoms with Gasteiger partial charge in [0.25, 0.3) is 0 Å². The highest BCUT2D eigenvalue weighted by molar-refractivity contribution is 7.13. The lowest BCUT2D eigenvalue weighted by Crippen LogP contribution is -2.53. The zero-order chi connectivity index (χ0) is 16.4. The summed E-state index contributed by atoms with van der Waals surface area (Å²) in [6.07, 6.45) is 5.59. The SMILES string of the molecule is Cl.Cl.O=C(NCc1csc(N2CCCC2)n1)[C@H]1CC[C@H]2OCCN[C@@H]2C1. The van der Waals surface area contributed by atoms with Crippen LogP contribution >= 0.6 is 36.2 Å². The Labute approximate surface area is 171 Å². The van der Waals surface area contributed by atoms with Gasteiger partial charge in [-0.25, -0.2) is 4.98 Å². The second-order valence-corrected chi connectivity index (χ2v) is 7.85. The minimum absolute atomic E-state index is 0. The molecule has 1 amide bonds. The number of halogens is 2. The summed E-state index contributed by atoms with van der Waals surface area (Å²) in [5.74, 6) is 0.258. The van der Waals surface area contributed by atoms with Crippen LogP contribution in [0.1, 0.15) is 37.8 Å². The van der Waals surface area contributed by atoms with Gasteiger partial charge in [-0.05, 0) is 32.1 Å². The van der Waals surface area contributed by atoms with Gasteiger partial charge >= 0.3 is 0 Å². The first-order chi connectivity index (χ1) is 11.8. The van der Waals surface area contributed by atoms with Gasteiger partial charge in [-0.1, -0.05) is 0 Å². The number of carbonyl (C=O) groups is 1. The van der Waals surface area contributed by atoms with Crippen molar-refractivity contribution in [3.63, 3.8) is 0 Å². The molecule has 0 spiro atoms. The van der Waals surface area contributed by atoms with Crippen LogP contribution in [0.25, 0.3) is 0 Å². The van der Waals surface area contributed by atoms with Crippen LogP contribution in [0, 0.1) is 5.92 Å². The normalized spacial score (nSPS) is 27.8. The van der Waals surface area contributed by atoms with Crippen LogP contribution in [0.5, 0.6) is 0 Å². The molecule has 3 heterocycles. The number of amides is 1. The van der Waals surface area contributed by atoms with E-state index in [0.29, 0.717) is 18.7 Å². The van der Waals surface area contributed by atoms with E-state index in [1.165, 1.54) is 12.8 Å². The van der Waals surface area contributed by atoms with Crippen LogP contribution in [0.3, 0.4) is 0 Å². The molecule has 3 atom stereocenters. The Balaban J connectivity index is 0.00000121. The fraction of sp³-hybridized carbons (Fsp3) is 0.765. The Bertz CT molecular complexity index is 583. The lowest BCUT2D eigenvalue weighted by Gasteiger charge is -2.39. The summed E-state index contributed by atoms with van der Waals surface area (Å²) in [6.45, 7) is 4.45. The molecule has 9 heteroatoms. The number of carbonyl (C=O) groups excluding carboxylic acids is 1. The van der Waals surface area contributed by atoms with E-state index >= 15 is 0 Å². The van der Waals surface area contributed by atoms with E-state index in [2.05, 4.69) is 25.9 Å². The van der Waals surface area contributed by atoms with E-state index < -0.39 is 0 Å². The number of fused-ring (bicyclic) bond motifs is 1. The molecule has 2 N–H and O–H groups in total. The predicted molar refractivity (Wildman–Crippen MR) is 109 cm³/mol. The Morgan fingerprint density at radius 2 is 2.15 bits per heavy atom. The minimum Gasteiger partial charge on any atom is -0.375 e. The third-order valence-corrected chi connectivity index (χ3v) is 6.31. The Morgan fingerprint density at radius 1 is 1.35 bits per heavy atom. The van der Waals surface area contributed by atoms with E-state index in [1.807, 2.05) is 0 Å². The molecule has 26 heavy (non-hydrogen) atoms. The molecule has 4 rings (SSSR count). The third kappa shape index (κ3) is 5.01. The van der Waals surface area contributed by atoms with Crippen LogP contribution < -0.4 is 15.5 Å². The molecule has 0 radical (unpaired) electrons. The van der Waals surface area contributed by atoms with Gasteiger partial charge in [-0.2, -0.15) is 0 Å². The summed E-state index contributed by atoms with van der Waals surface area (Å²) in [5.41, 5.74) is 0.975. The summed E-state index contributed by atoms with van der Waals surface area (Å²) < 4.78 is 5.78. The molecular formula is C17H28Cl2N4O2S. The maximum Gasteiger partial charge on any atom is 0.223 e. The van der Waals surface area contributed by atoms with Crippen molar-refractivity contribution in [2.24, 2.45) is 5.92 Å². The Kier molecular flexibility index (Phi) is 8.41. The van der Waals surface area contributed by atoms with Crippen molar-refractivity contribution in [2.75, 3.05) is 31.1 Å². The number of hydrogen-bond donors (Lipinski definition) is 2. The summed E-state index contributed by atoms with van der Waals surface area (Å²) in [4.78, 5) is 19.5. The summed E-state index contributed by atoms with van der Waals surface area (Å²) in [7, 11) is 0. The molecule has 0 bridgehead atoms. The summed E-state index contributed by atoms with van der Waals surface area (Å²) in [6, 6.07) is 0.337. The number of ether oxygens (including phenoxy) is 1. The molecule has 1 aliphatic carbocycles. The molecular weight excluding hydrogens is 395 g/mol. The second-order valence-electron chi connectivity index (χ2n) is 7.01. The second kappa shape index (κ2) is 10.1. The topological polar surface area (TPSA) is 66.5 Å². The van der Waals surface area contributed by atoms with Crippen molar-refractivity contribution >= 4 is 47.2 Å². The zero-order valence-corrected chi connectivity index (χ0v) is 17.3. The van der Waals surface area contributed by atoms with E-state index in [0.717, 1.165) is 56.3 Å². The van der Waals surface area contributed by atoms with Crippen LogP contribution in [0.15, 0.2) is 5.38 Å². The molecule has 1 saturated carbocycles. The highest BCUT2D eigenvalue weighted by atomic mass is 35.5. The Hall–Kier alpha value is -0.600. The quantitative estimate of drug-likeness (QED) is 0.779. The fourth-order valence-electron chi connectivity index (χ4n) is 4.00. The molecule has 3 fully saturated rings. The van der Waals surface area contributed by atoms with Crippen LogP contribution in [0.2, 0.25) is 0 Å². The van der Waals surface area contributed by atoms with Crippen molar-refractivity contribution in [1.82, 2.24) is 15.6 Å². The molecule has 2 saturated heterocycles. The number of rotatable bonds is 4. The lowest BCUT2D eigenvalue weighted by atomic mass is 9.82. The van der Waals surface area contributed by atoms with Gasteiger partial charge in [0.05, 0.1) is 24.9 Å². The van der Waals surface area contributed by atoms with Gasteiger partial charge in [0.1, 0.15) is 0 Å². The molecule has 6 nitrogen and oxygen atoms in total. The van der Waals surface area contributed by atoms with E-state index in [4.69, 9.17) is 4.74 Å². The van der Waals surface area contributed by atoms with Gasteiger partial charge in [-0.15, -0.1) is 36.2 Å². The Morgan fingerprint density at radius 3 is 2.96 bits per heavy atom. The molecule has 148 valence electrons. The maximum absolute atomic E-state index is 12.5. The number of aromatic nitrogens is 1. The molecule has 3 aliphatic rings. The highest BCUT2D eigenvalue weighted by Crippen LogP contribution is 2.29. The molecule has 0 aromatic carbocycles. The van der Waals surface area contributed by atoms with Gasteiger partial charge in [-0.3, -0.25) is 4.79 Å². The fourth-order valence-corrected chi connectivity index (χ4v) is 4.88. The number of nitrogens with one attached hydrogen (secondary N) is 2. The zero-order valence-electron chi connectivity index (χ0n) is 14.8. The molecule has 1 aromatic rings. The van der Waals surface area contributed by atoms with Crippen molar-refractivity contribution < 1.29 is 9.53 Å².